The van der Waals surface area contributed by atoms with Crippen LogP contribution in [0.3, 0.4) is 0 Å². The Morgan fingerprint density at radius 2 is 2.17 bits per heavy atom. The molecule has 18 heavy (non-hydrogen) atoms. The number of aromatic nitrogens is 2. The summed E-state index contributed by atoms with van der Waals surface area (Å²) in [5, 5.41) is 0.107. The number of hydrogen-bond acceptors (Lipinski definition) is 4. The first-order valence-electron chi connectivity index (χ1n) is 6.14. The number of imidazole rings is 1. The van der Waals surface area contributed by atoms with E-state index in [1.54, 1.807) is 11.4 Å². The first-order valence-corrected chi connectivity index (χ1v) is 7.58. The average Bonchev–Trinajstić information content (AvgIpc) is 2.85. The molecule has 0 aliphatic carbocycles. The summed E-state index contributed by atoms with van der Waals surface area (Å²) in [7, 11) is -1.89. The van der Waals surface area contributed by atoms with Crippen LogP contribution in [-0.2, 0) is 17.1 Å². The summed E-state index contributed by atoms with van der Waals surface area (Å²) in [5.74, 6) is 0.378. The van der Waals surface area contributed by atoms with E-state index in [1.807, 2.05) is 13.8 Å². The number of nitrogens with two attached hydrogens (primary N) is 1. The topological polar surface area (TPSA) is 81.2 Å². The lowest BCUT2D eigenvalue weighted by Crippen LogP contribution is -2.39. The molecule has 102 valence electrons. The van der Waals surface area contributed by atoms with Crippen molar-refractivity contribution < 1.29 is 8.42 Å². The SMILES string of the molecule is CC(C)C1CCCN1S(=O)(=O)c1c(N)ncn1C. The van der Waals surface area contributed by atoms with Gasteiger partial charge in [0.1, 0.15) is 0 Å². The maximum absolute atomic E-state index is 12.6. The number of hydrogen-bond donors (Lipinski definition) is 1. The lowest BCUT2D eigenvalue weighted by molar-refractivity contribution is 0.314. The summed E-state index contributed by atoms with van der Waals surface area (Å²) in [6.45, 7) is 4.66. The van der Waals surface area contributed by atoms with E-state index < -0.39 is 10.0 Å². The monoisotopic (exact) mass is 272 g/mol. The second-order valence-electron chi connectivity index (χ2n) is 5.12. The van der Waals surface area contributed by atoms with Crippen LogP contribution in [0.25, 0.3) is 0 Å². The number of rotatable bonds is 3. The first kappa shape index (κ1) is 13.4. The maximum atomic E-state index is 12.6. The average molecular weight is 272 g/mol. The summed E-state index contributed by atoms with van der Waals surface area (Å²) >= 11 is 0. The van der Waals surface area contributed by atoms with Gasteiger partial charge in [-0.2, -0.15) is 4.31 Å². The molecule has 2 rings (SSSR count). The van der Waals surface area contributed by atoms with Crippen molar-refractivity contribution in [2.45, 2.75) is 37.8 Å². The summed E-state index contributed by atoms with van der Waals surface area (Å²) in [5.41, 5.74) is 5.68. The van der Waals surface area contributed by atoms with Gasteiger partial charge < -0.3 is 10.3 Å². The molecule has 0 radical (unpaired) electrons. The molecule has 7 heteroatoms. The number of sulfonamides is 1. The molecule has 6 nitrogen and oxygen atoms in total. The Bertz CT molecular complexity index is 516. The minimum Gasteiger partial charge on any atom is -0.381 e. The highest BCUT2D eigenvalue weighted by Crippen LogP contribution is 2.31. The van der Waals surface area contributed by atoms with Crippen molar-refractivity contribution in [2.75, 3.05) is 12.3 Å². The van der Waals surface area contributed by atoms with Gasteiger partial charge >= 0.3 is 0 Å². The van der Waals surface area contributed by atoms with Crippen molar-refractivity contribution in [3.63, 3.8) is 0 Å². The Kier molecular flexibility index (Phi) is 3.37. The smallest absolute Gasteiger partial charge is 0.262 e. The highest BCUT2D eigenvalue weighted by Gasteiger charge is 2.39. The molecule has 1 aromatic rings. The van der Waals surface area contributed by atoms with Crippen molar-refractivity contribution >= 4 is 15.8 Å². The van der Waals surface area contributed by atoms with E-state index in [1.165, 1.54) is 10.9 Å². The number of nitrogen functional groups attached to an aromatic ring is 1. The van der Waals surface area contributed by atoms with Gasteiger partial charge in [0.15, 0.2) is 10.8 Å². The van der Waals surface area contributed by atoms with Crippen LogP contribution < -0.4 is 5.73 Å². The number of anilines is 1. The first-order chi connectivity index (χ1) is 8.35. The summed E-state index contributed by atoms with van der Waals surface area (Å²) in [6.07, 6.45) is 3.25. The third-order valence-corrected chi connectivity index (χ3v) is 5.54. The molecular weight excluding hydrogens is 252 g/mol. The van der Waals surface area contributed by atoms with Gasteiger partial charge in [0.25, 0.3) is 10.0 Å². The Morgan fingerprint density at radius 1 is 1.50 bits per heavy atom. The highest BCUT2D eigenvalue weighted by molar-refractivity contribution is 7.89. The van der Waals surface area contributed by atoms with E-state index in [4.69, 9.17) is 5.73 Å². The molecule has 1 atom stereocenters. The van der Waals surface area contributed by atoms with Crippen molar-refractivity contribution in [3.05, 3.63) is 6.33 Å². The zero-order chi connectivity index (χ0) is 13.5. The molecule has 0 bridgehead atoms. The fraction of sp³-hybridized carbons (Fsp3) is 0.727. The molecule has 1 aliphatic rings. The summed E-state index contributed by atoms with van der Waals surface area (Å²) in [6, 6.07) is 0.0595. The van der Waals surface area contributed by atoms with Crippen LogP contribution in [0.5, 0.6) is 0 Å². The zero-order valence-corrected chi connectivity index (χ0v) is 11.8. The van der Waals surface area contributed by atoms with Crippen LogP contribution >= 0.6 is 0 Å². The van der Waals surface area contributed by atoms with Crippen molar-refractivity contribution in [1.29, 1.82) is 0 Å². The maximum Gasteiger partial charge on any atom is 0.262 e. The van der Waals surface area contributed by atoms with E-state index in [0.717, 1.165) is 12.8 Å². The van der Waals surface area contributed by atoms with Gasteiger partial charge in [-0.15, -0.1) is 0 Å². The molecule has 0 aromatic carbocycles. The standard InChI is InChI=1S/C11H20N4O2S/c1-8(2)9-5-4-6-15(9)18(16,17)11-10(12)13-7-14(11)3/h7-9H,4-6,12H2,1-3H3. The lowest BCUT2D eigenvalue weighted by atomic mass is 10.0. The molecule has 1 fully saturated rings. The largest absolute Gasteiger partial charge is 0.381 e. The third-order valence-electron chi connectivity index (χ3n) is 3.48. The predicted octanol–water partition coefficient (Wildman–Crippen LogP) is 0.811. The van der Waals surface area contributed by atoms with Crippen molar-refractivity contribution in [2.24, 2.45) is 13.0 Å². The Morgan fingerprint density at radius 3 is 2.67 bits per heavy atom. The lowest BCUT2D eigenvalue weighted by Gasteiger charge is -2.26. The normalized spacial score (nSPS) is 21.9. The minimum atomic E-state index is -3.54. The minimum absolute atomic E-state index is 0.0595. The molecule has 2 N–H and O–H groups in total. The van der Waals surface area contributed by atoms with Gasteiger partial charge in [0.2, 0.25) is 0 Å². The molecule has 0 amide bonds. The van der Waals surface area contributed by atoms with E-state index in [2.05, 4.69) is 4.98 Å². The molecule has 1 aliphatic heterocycles. The van der Waals surface area contributed by atoms with Crippen LogP contribution in [0, 0.1) is 5.92 Å². The van der Waals surface area contributed by atoms with Gasteiger partial charge in [-0.1, -0.05) is 13.8 Å². The summed E-state index contributed by atoms with van der Waals surface area (Å²) in [4.78, 5) is 3.86. The van der Waals surface area contributed by atoms with Crippen LogP contribution in [0.15, 0.2) is 11.4 Å². The number of aryl methyl sites for hydroxylation is 1. The second kappa shape index (κ2) is 4.55. The van der Waals surface area contributed by atoms with Crippen molar-refractivity contribution in [1.82, 2.24) is 13.9 Å². The van der Waals surface area contributed by atoms with Gasteiger partial charge in [0, 0.05) is 19.6 Å². The van der Waals surface area contributed by atoms with E-state index >= 15 is 0 Å². The summed E-state index contributed by atoms with van der Waals surface area (Å²) < 4.78 is 28.3. The van der Waals surface area contributed by atoms with Crippen LogP contribution in [0.4, 0.5) is 5.82 Å². The van der Waals surface area contributed by atoms with Crippen molar-refractivity contribution in [3.8, 4) is 0 Å². The van der Waals surface area contributed by atoms with Crippen LogP contribution in [0.1, 0.15) is 26.7 Å². The van der Waals surface area contributed by atoms with E-state index in [9.17, 15) is 8.42 Å². The van der Waals surface area contributed by atoms with Crippen LogP contribution in [0.2, 0.25) is 0 Å². The zero-order valence-electron chi connectivity index (χ0n) is 11.0. The Labute approximate surface area is 108 Å². The predicted molar refractivity (Wildman–Crippen MR) is 69.4 cm³/mol. The van der Waals surface area contributed by atoms with Gasteiger partial charge in [0.05, 0.1) is 6.33 Å². The van der Waals surface area contributed by atoms with Gasteiger partial charge in [-0.25, -0.2) is 13.4 Å². The quantitative estimate of drug-likeness (QED) is 0.883. The molecule has 1 saturated heterocycles. The van der Waals surface area contributed by atoms with E-state index in [0.29, 0.717) is 12.5 Å². The van der Waals surface area contributed by atoms with Gasteiger partial charge in [-0.3, -0.25) is 0 Å². The van der Waals surface area contributed by atoms with Gasteiger partial charge in [-0.05, 0) is 18.8 Å². The Hall–Kier alpha value is -1.08. The second-order valence-corrected chi connectivity index (χ2v) is 6.92. The molecule has 0 saturated carbocycles. The number of nitrogens with zero attached hydrogens (tertiary/aromatic N) is 3. The third kappa shape index (κ3) is 2.01. The highest BCUT2D eigenvalue weighted by atomic mass is 32.2. The fourth-order valence-electron chi connectivity index (χ4n) is 2.59. The van der Waals surface area contributed by atoms with Crippen LogP contribution in [-0.4, -0.2) is 34.9 Å². The Balaban J connectivity index is 2.43. The molecule has 1 aromatic heterocycles. The fourth-order valence-corrected chi connectivity index (χ4v) is 4.62. The van der Waals surface area contributed by atoms with E-state index in [-0.39, 0.29) is 16.9 Å². The molecule has 0 spiro atoms. The molecular formula is C11H20N4O2S. The molecule has 2 heterocycles. The molecule has 1 unspecified atom stereocenters.